The molecule has 0 spiro atoms. The predicted molar refractivity (Wildman–Crippen MR) is 83.1 cm³/mol. The SMILES string of the molecule is CCCC(=NOCC)c1cc(Cl)ccc1NS(=O)(=O)C(F)(F)F. The van der Waals surface area contributed by atoms with Crippen LogP contribution in [0.5, 0.6) is 0 Å². The maximum Gasteiger partial charge on any atom is 0.516 e. The molecule has 5 nitrogen and oxygen atoms in total. The Morgan fingerprint density at radius 1 is 1.35 bits per heavy atom. The smallest absolute Gasteiger partial charge is 0.396 e. The van der Waals surface area contributed by atoms with Crippen LogP contribution < -0.4 is 4.72 Å². The van der Waals surface area contributed by atoms with Gasteiger partial charge >= 0.3 is 15.5 Å². The van der Waals surface area contributed by atoms with Crippen LogP contribution in [0.2, 0.25) is 5.02 Å². The van der Waals surface area contributed by atoms with Gasteiger partial charge in [-0.2, -0.15) is 21.6 Å². The fraction of sp³-hybridized carbons (Fsp3) is 0.462. The van der Waals surface area contributed by atoms with E-state index >= 15 is 0 Å². The Kier molecular flexibility index (Phi) is 6.69. The Labute approximate surface area is 137 Å². The third-order valence-corrected chi connectivity index (χ3v) is 3.97. The van der Waals surface area contributed by atoms with Gasteiger partial charge in [0.05, 0.1) is 11.4 Å². The van der Waals surface area contributed by atoms with Crippen LogP contribution in [0.3, 0.4) is 0 Å². The van der Waals surface area contributed by atoms with Crippen LogP contribution >= 0.6 is 11.6 Å². The molecule has 0 amide bonds. The summed E-state index contributed by atoms with van der Waals surface area (Å²) in [4.78, 5) is 4.94. The third-order valence-electron chi connectivity index (χ3n) is 2.63. The molecule has 0 heterocycles. The number of nitrogens with one attached hydrogen (secondary N) is 1. The number of alkyl halides is 3. The Hall–Kier alpha value is -1.48. The molecule has 0 aliphatic rings. The Morgan fingerprint density at radius 3 is 2.52 bits per heavy atom. The summed E-state index contributed by atoms with van der Waals surface area (Å²) in [6, 6.07) is 3.77. The number of hydrogen-bond donors (Lipinski definition) is 1. The van der Waals surface area contributed by atoms with Crippen LogP contribution in [0.1, 0.15) is 32.3 Å². The average Bonchev–Trinajstić information content (AvgIpc) is 2.44. The Morgan fingerprint density at radius 2 is 2.00 bits per heavy atom. The average molecular weight is 373 g/mol. The van der Waals surface area contributed by atoms with E-state index in [1.54, 1.807) is 6.92 Å². The molecule has 1 aromatic carbocycles. The molecule has 0 fully saturated rings. The van der Waals surface area contributed by atoms with E-state index in [2.05, 4.69) is 5.16 Å². The van der Waals surface area contributed by atoms with Crippen molar-refractivity contribution in [3.63, 3.8) is 0 Å². The number of benzene rings is 1. The van der Waals surface area contributed by atoms with Gasteiger partial charge in [0.15, 0.2) is 0 Å². The summed E-state index contributed by atoms with van der Waals surface area (Å²) in [5.41, 5.74) is -5.25. The topological polar surface area (TPSA) is 67.8 Å². The Balaban J connectivity index is 3.35. The van der Waals surface area contributed by atoms with Gasteiger partial charge in [-0.3, -0.25) is 4.72 Å². The summed E-state index contributed by atoms with van der Waals surface area (Å²) in [6.07, 6.45) is 1.00. The first-order valence-corrected chi connectivity index (χ1v) is 8.56. The summed E-state index contributed by atoms with van der Waals surface area (Å²) < 4.78 is 61.8. The second kappa shape index (κ2) is 7.87. The third kappa shape index (κ3) is 5.28. The van der Waals surface area contributed by atoms with Crippen LogP contribution in [-0.4, -0.2) is 26.2 Å². The maximum atomic E-state index is 12.6. The van der Waals surface area contributed by atoms with Crippen LogP contribution in [-0.2, 0) is 14.9 Å². The van der Waals surface area contributed by atoms with Gasteiger partial charge < -0.3 is 4.84 Å². The zero-order valence-corrected chi connectivity index (χ0v) is 14.0. The zero-order valence-electron chi connectivity index (χ0n) is 12.4. The van der Waals surface area contributed by atoms with Gasteiger partial charge in [-0.05, 0) is 31.5 Å². The van der Waals surface area contributed by atoms with Gasteiger partial charge in [0, 0.05) is 10.6 Å². The first-order valence-electron chi connectivity index (χ1n) is 6.70. The van der Waals surface area contributed by atoms with Crippen molar-refractivity contribution in [2.75, 3.05) is 11.3 Å². The number of anilines is 1. The van der Waals surface area contributed by atoms with E-state index in [1.165, 1.54) is 16.9 Å². The molecule has 10 heteroatoms. The number of hydrogen-bond acceptors (Lipinski definition) is 4. The largest absolute Gasteiger partial charge is 0.516 e. The highest BCUT2D eigenvalue weighted by Gasteiger charge is 2.46. The van der Waals surface area contributed by atoms with Crippen molar-refractivity contribution < 1.29 is 26.4 Å². The van der Waals surface area contributed by atoms with Crippen molar-refractivity contribution in [3.05, 3.63) is 28.8 Å². The van der Waals surface area contributed by atoms with Gasteiger partial charge in [-0.1, -0.05) is 30.1 Å². The molecule has 0 saturated heterocycles. The molecule has 23 heavy (non-hydrogen) atoms. The van der Waals surface area contributed by atoms with Crippen molar-refractivity contribution in [1.29, 1.82) is 0 Å². The van der Waals surface area contributed by atoms with Gasteiger partial charge in [0.1, 0.15) is 6.61 Å². The summed E-state index contributed by atoms with van der Waals surface area (Å²) in [5.74, 6) is 0. The number of halogens is 4. The first kappa shape index (κ1) is 19.6. The second-order valence-electron chi connectivity index (χ2n) is 4.45. The van der Waals surface area contributed by atoms with Crippen molar-refractivity contribution in [2.45, 2.75) is 32.2 Å². The number of nitrogens with zero attached hydrogens (tertiary/aromatic N) is 1. The van der Waals surface area contributed by atoms with Crippen LogP contribution in [0.15, 0.2) is 23.4 Å². The molecule has 0 aromatic heterocycles. The highest BCUT2D eigenvalue weighted by Crippen LogP contribution is 2.29. The molecule has 0 radical (unpaired) electrons. The molecule has 0 unspecified atom stereocenters. The first-order chi connectivity index (χ1) is 10.6. The summed E-state index contributed by atoms with van der Waals surface area (Å²) in [6.45, 7) is 3.79. The molecule has 0 bridgehead atoms. The van der Waals surface area contributed by atoms with E-state index in [1.807, 2.05) is 6.92 Å². The van der Waals surface area contributed by atoms with Crippen LogP contribution in [0, 0.1) is 0 Å². The summed E-state index contributed by atoms with van der Waals surface area (Å²) >= 11 is 5.86. The molecule has 1 aromatic rings. The minimum atomic E-state index is -5.54. The minimum Gasteiger partial charge on any atom is -0.396 e. The van der Waals surface area contributed by atoms with E-state index in [-0.39, 0.29) is 22.9 Å². The monoisotopic (exact) mass is 372 g/mol. The minimum absolute atomic E-state index is 0.139. The molecular weight excluding hydrogens is 357 g/mol. The fourth-order valence-electron chi connectivity index (χ4n) is 1.66. The van der Waals surface area contributed by atoms with Crippen molar-refractivity contribution in [3.8, 4) is 0 Å². The van der Waals surface area contributed by atoms with E-state index < -0.39 is 15.5 Å². The lowest BCUT2D eigenvalue weighted by atomic mass is 10.0. The van der Waals surface area contributed by atoms with E-state index in [4.69, 9.17) is 16.4 Å². The van der Waals surface area contributed by atoms with E-state index in [0.717, 1.165) is 6.07 Å². The molecule has 130 valence electrons. The van der Waals surface area contributed by atoms with Gasteiger partial charge in [-0.25, -0.2) is 0 Å². The van der Waals surface area contributed by atoms with Crippen molar-refractivity contribution in [2.24, 2.45) is 5.16 Å². The molecule has 0 atom stereocenters. The molecule has 0 saturated carbocycles. The van der Waals surface area contributed by atoms with E-state index in [0.29, 0.717) is 18.6 Å². The lowest BCUT2D eigenvalue weighted by Crippen LogP contribution is -2.30. The maximum absolute atomic E-state index is 12.6. The number of rotatable bonds is 7. The van der Waals surface area contributed by atoms with Gasteiger partial charge in [-0.15, -0.1) is 0 Å². The highest BCUT2D eigenvalue weighted by atomic mass is 35.5. The van der Waals surface area contributed by atoms with Gasteiger partial charge in [0.2, 0.25) is 0 Å². The highest BCUT2D eigenvalue weighted by molar-refractivity contribution is 7.93. The number of sulfonamides is 1. The lowest BCUT2D eigenvalue weighted by Gasteiger charge is -2.15. The molecule has 0 aliphatic carbocycles. The van der Waals surface area contributed by atoms with Gasteiger partial charge in [0.25, 0.3) is 0 Å². The summed E-state index contributed by atoms with van der Waals surface area (Å²) in [7, 11) is -5.54. The van der Waals surface area contributed by atoms with E-state index in [9.17, 15) is 21.6 Å². The number of oxime groups is 1. The zero-order chi connectivity index (χ0) is 17.7. The lowest BCUT2D eigenvalue weighted by molar-refractivity contribution is -0.0429. The fourth-order valence-corrected chi connectivity index (χ4v) is 2.41. The van der Waals surface area contributed by atoms with Crippen molar-refractivity contribution >= 4 is 33.0 Å². The normalized spacial score (nSPS) is 13.0. The predicted octanol–water partition coefficient (Wildman–Crippen LogP) is 4.14. The molecular formula is C13H16ClF3N2O3S. The second-order valence-corrected chi connectivity index (χ2v) is 6.56. The molecule has 1 rings (SSSR count). The van der Waals surface area contributed by atoms with Crippen LogP contribution in [0.25, 0.3) is 0 Å². The Bertz CT molecular complexity index is 676. The standard InChI is InChI=1S/C13H16ClF3N2O3S/c1-3-5-11(18-22-4-2)10-8-9(14)6-7-12(10)19-23(20,21)13(15,16)17/h6-8,19H,3-5H2,1-2H3. The molecule has 1 N–H and O–H groups in total. The van der Waals surface area contributed by atoms with Crippen LogP contribution in [0.4, 0.5) is 18.9 Å². The molecule has 0 aliphatic heterocycles. The quantitative estimate of drug-likeness (QED) is 0.577. The van der Waals surface area contributed by atoms with Crippen molar-refractivity contribution in [1.82, 2.24) is 0 Å². The summed E-state index contributed by atoms with van der Waals surface area (Å²) in [5, 5.41) is 4.07.